The molecule has 0 saturated heterocycles. The minimum atomic E-state index is -0.306. The Morgan fingerprint density at radius 2 is 2.08 bits per heavy atom. The Bertz CT molecular complexity index is 747. The van der Waals surface area contributed by atoms with Crippen molar-refractivity contribution in [1.82, 2.24) is 24.9 Å². The molecule has 0 aliphatic carbocycles. The number of hydrogen-bond donors (Lipinski definition) is 1. The molecule has 130 valence electrons. The molecule has 0 saturated carbocycles. The van der Waals surface area contributed by atoms with Crippen molar-refractivity contribution in [3.8, 4) is 0 Å². The highest BCUT2D eigenvalue weighted by atomic mass is 16.5. The smallest absolute Gasteiger partial charge is 0.242 e. The first-order valence-corrected chi connectivity index (χ1v) is 7.66. The molecule has 0 aliphatic rings. The molecule has 1 unspecified atom stereocenters. The number of carbonyl (C=O) groups is 2. The van der Waals surface area contributed by atoms with Crippen LogP contribution in [0.15, 0.2) is 12.3 Å². The highest BCUT2D eigenvalue weighted by Crippen LogP contribution is 2.15. The lowest BCUT2D eigenvalue weighted by Gasteiger charge is -2.18. The van der Waals surface area contributed by atoms with E-state index in [-0.39, 0.29) is 24.3 Å². The first-order chi connectivity index (χ1) is 11.3. The SMILES string of the molecule is COCC(NC(=O)Cn1nc(C)c(C(C)=O)c1C)c1ccnn1C. The number of ketones is 1. The number of nitrogens with zero attached hydrogens (tertiary/aromatic N) is 4. The number of nitrogens with one attached hydrogen (secondary N) is 1. The number of methoxy groups -OCH3 is 1. The molecule has 0 bridgehead atoms. The number of Topliss-reactive ketones (excluding diaryl/α,β-unsaturated/α-hetero) is 1. The number of rotatable bonds is 7. The van der Waals surface area contributed by atoms with Crippen molar-refractivity contribution in [1.29, 1.82) is 0 Å². The fourth-order valence-electron chi connectivity index (χ4n) is 2.83. The van der Waals surface area contributed by atoms with Crippen LogP contribution in [-0.4, -0.2) is 45.0 Å². The predicted octanol–water partition coefficient (Wildman–Crippen LogP) is 0.940. The van der Waals surface area contributed by atoms with Crippen molar-refractivity contribution in [2.24, 2.45) is 7.05 Å². The molecule has 0 aromatic carbocycles. The number of ether oxygens (including phenoxy) is 1. The fourth-order valence-corrected chi connectivity index (χ4v) is 2.83. The van der Waals surface area contributed by atoms with Crippen LogP contribution in [0, 0.1) is 13.8 Å². The van der Waals surface area contributed by atoms with Gasteiger partial charge in [0.25, 0.3) is 0 Å². The van der Waals surface area contributed by atoms with Crippen LogP contribution in [0.5, 0.6) is 0 Å². The van der Waals surface area contributed by atoms with Crippen molar-refractivity contribution in [3.05, 3.63) is 34.9 Å². The molecule has 0 fully saturated rings. The topological polar surface area (TPSA) is 91.0 Å². The summed E-state index contributed by atoms with van der Waals surface area (Å²) in [6.07, 6.45) is 1.67. The van der Waals surface area contributed by atoms with E-state index in [2.05, 4.69) is 15.5 Å². The summed E-state index contributed by atoms with van der Waals surface area (Å²) in [5, 5.41) is 11.3. The summed E-state index contributed by atoms with van der Waals surface area (Å²) < 4.78 is 8.44. The van der Waals surface area contributed by atoms with Crippen molar-refractivity contribution in [2.75, 3.05) is 13.7 Å². The van der Waals surface area contributed by atoms with E-state index >= 15 is 0 Å². The van der Waals surface area contributed by atoms with Gasteiger partial charge in [-0.05, 0) is 26.8 Å². The highest BCUT2D eigenvalue weighted by molar-refractivity contribution is 5.96. The van der Waals surface area contributed by atoms with Gasteiger partial charge < -0.3 is 10.1 Å². The van der Waals surface area contributed by atoms with E-state index in [9.17, 15) is 9.59 Å². The van der Waals surface area contributed by atoms with Gasteiger partial charge in [-0.2, -0.15) is 10.2 Å². The maximum atomic E-state index is 12.4. The van der Waals surface area contributed by atoms with E-state index in [1.54, 1.807) is 36.5 Å². The molecule has 8 heteroatoms. The van der Waals surface area contributed by atoms with Crippen LogP contribution >= 0.6 is 0 Å². The van der Waals surface area contributed by atoms with E-state index in [4.69, 9.17) is 4.74 Å². The lowest BCUT2D eigenvalue weighted by atomic mass is 10.1. The van der Waals surface area contributed by atoms with Crippen molar-refractivity contribution in [3.63, 3.8) is 0 Å². The number of aryl methyl sites for hydroxylation is 2. The molecule has 2 rings (SSSR count). The normalized spacial score (nSPS) is 12.2. The Labute approximate surface area is 140 Å². The molecular formula is C16H23N5O3. The molecular weight excluding hydrogens is 310 g/mol. The molecule has 1 atom stereocenters. The van der Waals surface area contributed by atoms with Gasteiger partial charge in [-0.3, -0.25) is 19.0 Å². The first-order valence-electron chi connectivity index (χ1n) is 7.66. The lowest BCUT2D eigenvalue weighted by molar-refractivity contribution is -0.123. The van der Waals surface area contributed by atoms with Gasteiger partial charge in [-0.25, -0.2) is 0 Å². The summed E-state index contributed by atoms with van der Waals surface area (Å²) in [6.45, 7) is 5.43. The highest BCUT2D eigenvalue weighted by Gasteiger charge is 2.20. The summed E-state index contributed by atoms with van der Waals surface area (Å²) >= 11 is 0. The van der Waals surface area contributed by atoms with E-state index < -0.39 is 0 Å². The van der Waals surface area contributed by atoms with E-state index in [1.165, 1.54) is 6.92 Å². The second kappa shape index (κ2) is 7.39. The zero-order chi connectivity index (χ0) is 17.9. The molecule has 0 radical (unpaired) electrons. The van der Waals surface area contributed by atoms with E-state index in [0.29, 0.717) is 23.6 Å². The Balaban J connectivity index is 2.13. The monoisotopic (exact) mass is 333 g/mol. The second-order valence-electron chi connectivity index (χ2n) is 5.71. The average molecular weight is 333 g/mol. The maximum absolute atomic E-state index is 12.4. The quantitative estimate of drug-likeness (QED) is 0.762. The van der Waals surface area contributed by atoms with Gasteiger partial charge in [0.05, 0.1) is 29.6 Å². The summed E-state index contributed by atoms with van der Waals surface area (Å²) in [5.41, 5.74) is 2.75. The molecule has 1 amide bonds. The van der Waals surface area contributed by atoms with Gasteiger partial charge in [0, 0.05) is 26.0 Å². The Morgan fingerprint density at radius 3 is 2.58 bits per heavy atom. The summed E-state index contributed by atoms with van der Waals surface area (Å²) in [5.74, 6) is -0.261. The Morgan fingerprint density at radius 1 is 1.38 bits per heavy atom. The third-order valence-electron chi connectivity index (χ3n) is 3.91. The zero-order valence-electron chi connectivity index (χ0n) is 14.7. The van der Waals surface area contributed by atoms with Crippen LogP contribution in [0.25, 0.3) is 0 Å². The number of aromatic nitrogens is 4. The van der Waals surface area contributed by atoms with Crippen molar-refractivity contribution < 1.29 is 14.3 Å². The second-order valence-corrected chi connectivity index (χ2v) is 5.71. The molecule has 2 aromatic rings. The van der Waals surface area contributed by atoms with Gasteiger partial charge in [-0.1, -0.05) is 0 Å². The molecule has 24 heavy (non-hydrogen) atoms. The van der Waals surface area contributed by atoms with Gasteiger partial charge in [-0.15, -0.1) is 0 Å². The predicted molar refractivity (Wildman–Crippen MR) is 87.7 cm³/mol. The Kier molecular flexibility index (Phi) is 5.50. The number of amides is 1. The molecule has 1 N–H and O–H groups in total. The van der Waals surface area contributed by atoms with Crippen molar-refractivity contribution >= 4 is 11.7 Å². The largest absolute Gasteiger partial charge is 0.382 e. The molecule has 8 nitrogen and oxygen atoms in total. The van der Waals surface area contributed by atoms with Crippen LogP contribution in [0.3, 0.4) is 0 Å². The first kappa shape index (κ1) is 17.9. The summed E-state index contributed by atoms with van der Waals surface area (Å²) in [7, 11) is 3.39. The van der Waals surface area contributed by atoms with Crippen LogP contribution in [-0.2, 0) is 23.1 Å². The van der Waals surface area contributed by atoms with Gasteiger partial charge in [0.2, 0.25) is 5.91 Å². The van der Waals surface area contributed by atoms with E-state index in [0.717, 1.165) is 5.69 Å². The average Bonchev–Trinajstić information content (AvgIpc) is 3.02. The van der Waals surface area contributed by atoms with Gasteiger partial charge in [0.1, 0.15) is 6.54 Å². The van der Waals surface area contributed by atoms with Crippen LogP contribution < -0.4 is 5.32 Å². The van der Waals surface area contributed by atoms with Crippen LogP contribution in [0.4, 0.5) is 0 Å². The third kappa shape index (κ3) is 3.70. The summed E-state index contributed by atoms with van der Waals surface area (Å²) in [4.78, 5) is 24.1. The van der Waals surface area contributed by atoms with Gasteiger partial charge >= 0.3 is 0 Å². The maximum Gasteiger partial charge on any atom is 0.242 e. The fraction of sp³-hybridized carbons (Fsp3) is 0.500. The minimum Gasteiger partial charge on any atom is -0.382 e. The lowest BCUT2D eigenvalue weighted by Crippen LogP contribution is -2.35. The molecule has 0 spiro atoms. The van der Waals surface area contributed by atoms with E-state index in [1.807, 2.05) is 13.1 Å². The van der Waals surface area contributed by atoms with Crippen LogP contribution in [0.1, 0.15) is 40.4 Å². The molecule has 2 aromatic heterocycles. The van der Waals surface area contributed by atoms with Crippen LogP contribution in [0.2, 0.25) is 0 Å². The Hall–Kier alpha value is -2.48. The zero-order valence-corrected chi connectivity index (χ0v) is 14.7. The van der Waals surface area contributed by atoms with Gasteiger partial charge in [0.15, 0.2) is 5.78 Å². The summed E-state index contributed by atoms with van der Waals surface area (Å²) in [6, 6.07) is 1.53. The molecule has 2 heterocycles. The molecule has 0 aliphatic heterocycles. The number of hydrogen-bond acceptors (Lipinski definition) is 5. The third-order valence-corrected chi connectivity index (χ3v) is 3.91. The number of carbonyl (C=O) groups excluding carboxylic acids is 2. The minimum absolute atomic E-state index is 0.0397. The standard InChI is InChI=1S/C16H23N5O3/c1-10-16(12(3)22)11(2)21(19-10)8-15(23)18-13(9-24-5)14-6-7-17-20(14)4/h6-7,13H,8-9H2,1-5H3,(H,18,23). The van der Waals surface area contributed by atoms with Crippen molar-refractivity contribution in [2.45, 2.75) is 33.4 Å².